The number of aromatic nitrogens is 1. The van der Waals surface area contributed by atoms with Crippen molar-refractivity contribution in [3.63, 3.8) is 0 Å². The summed E-state index contributed by atoms with van der Waals surface area (Å²) in [6, 6.07) is 11.5. The van der Waals surface area contributed by atoms with Gasteiger partial charge in [-0.3, -0.25) is 4.98 Å². The minimum atomic E-state index is 0.531. The number of aryl methyl sites for hydroxylation is 3. The summed E-state index contributed by atoms with van der Waals surface area (Å²) in [5.74, 6) is 0. The van der Waals surface area contributed by atoms with Crippen LogP contribution >= 0.6 is 0 Å². The van der Waals surface area contributed by atoms with Crippen molar-refractivity contribution in [3.8, 4) is 0 Å². The van der Waals surface area contributed by atoms with Crippen molar-refractivity contribution in [2.24, 2.45) is 0 Å². The number of hydrogen-bond donors (Lipinski definition) is 1. The zero-order valence-electron chi connectivity index (χ0n) is 13.4. The number of nitrogens with one attached hydrogen (secondary N) is 1. The third kappa shape index (κ3) is 4.98. The fourth-order valence-electron chi connectivity index (χ4n) is 2.74. The molecule has 2 heteroatoms. The first-order chi connectivity index (χ1) is 10.2. The van der Waals surface area contributed by atoms with E-state index in [9.17, 15) is 0 Å². The van der Waals surface area contributed by atoms with Gasteiger partial charge in [0.1, 0.15) is 0 Å². The van der Waals surface area contributed by atoms with Gasteiger partial charge in [-0.15, -0.1) is 0 Å². The maximum atomic E-state index is 4.08. The second kappa shape index (κ2) is 7.94. The summed E-state index contributed by atoms with van der Waals surface area (Å²) in [7, 11) is 0. The highest BCUT2D eigenvalue weighted by atomic mass is 14.9. The maximum Gasteiger partial charge on any atom is 0.0270 e. The van der Waals surface area contributed by atoms with E-state index in [0.29, 0.717) is 6.04 Å². The summed E-state index contributed by atoms with van der Waals surface area (Å²) < 4.78 is 0. The first-order valence-electron chi connectivity index (χ1n) is 7.87. The van der Waals surface area contributed by atoms with Gasteiger partial charge in [0.05, 0.1) is 0 Å². The van der Waals surface area contributed by atoms with Crippen molar-refractivity contribution >= 4 is 0 Å². The van der Waals surface area contributed by atoms with Gasteiger partial charge < -0.3 is 5.32 Å². The van der Waals surface area contributed by atoms with Gasteiger partial charge in [-0.2, -0.15) is 0 Å². The van der Waals surface area contributed by atoms with Crippen LogP contribution in [0.25, 0.3) is 0 Å². The molecular weight excluding hydrogens is 256 g/mol. The van der Waals surface area contributed by atoms with Gasteiger partial charge in [0.2, 0.25) is 0 Å². The first-order valence-corrected chi connectivity index (χ1v) is 7.87. The SMILES string of the molecule is CCNC(CCc1ccncc1)Cc1cc(C)ccc1C. The number of likely N-dealkylation sites (N-methyl/N-ethyl adjacent to an activating group) is 1. The van der Waals surface area contributed by atoms with E-state index in [1.165, 1.54) is 22.3 Å². The molecule has 21 heavy (non-hydrogen) atoms. The van der Waals surface area contributed by atoms with E-state index in [0.717, 1.165) is 25.8 Å². The summed E-state index contributed by atoms with van der Waals surface area (Å²) in [5.41, 5.74) is 5.58. The fraction of sp³-hybridized carbons (Fsp3) is 0.421. The van der Waals surface area contributed by atoms with Crippen LogP contribution in [-0.2, 0) is 12.8 Å². The van der Waals surface area contributed by atoms with Crippen molar-refractivity contribution in [2.45, 2.75) is 46.1 Å². The molecule has 0 saturated heterocycles. The summed E-state index contributed by atoms with van der Waals surface area (Å²) in [5, 5.41) is 3.63. The second-order valence-electron chi connectivity index (χ2n) is 5.78. The molecule has 2 nitrogen and oxygen atoms in total. The molecule has 0 radical (unpaired) electrons. The molecule has 2 rings (SSSR count). The second-order valence-corrected chi connectivity index (χ2v) is 5.78. The van der Waals surface area contributed by atoms with E-state index in [2.05, 4.69) is 61.4 Å². The number of hydrogen-bond acceptors (Lipinski definition) is 2. The Hall–Kier alpha value is -1.67. The van der Waals surface area contributed by atoms with Crippen LogP contribution in [-0.4, -0.2) is 17.6 Å². The van der Waals surface area contributed by atoms with Gasteiger partial charge in [-0.1, -0.05) is 30.7 Å². The Bertz CT molecular complexity index is 549. The Balaban J connectivity index is 2.00. The topological polar surface area (TPSA) is 24.9 Å². The smallest absolute Gasteiger partial charge is 0.0270 e. The summed E-state index contributed by atoms with van der Waals surface area (Å²) in [6.45, 7) is 7.58. The summed E-state index contributed by atoms with van der Waals surface area (Å²) in [4.78, 5) is 4.08. The Morgan fingerprint density at radius 2 is 1.86 bits per heavy atom. The van der Waals surface area contributed by atoms with E-state index in [-0.39, 0.29) is 0 Å². The zero-order chi connectivity index (χ0) is 15.1. The fourth-order valence-corrected chi connectivity index (χ4v) is 2.74. The molecule has 1 N–H and O–H groups in total. The highest BCUT2D eigenvalue weighted by Crippen LogP contribution is 2.15. The highest BCUT2D eigenvalue weighted by molar-refractivity contribution is 5.31. The van der Waals surface area contributed by atoms with E-state index >= 15 is 0 Å². The summed E-state index contributed by atoms with van der Waals surface area (Å²) >= 11 is 0. The molecule has 1 heterocycles. The average molecular weight is 282 g/mol. The Morgan fingerprint density at radius 1 is 1.10 bits per heavy atom. The van der Waals surface area contributed by atoms with E-state index in [1.807, 2.05) is 12.4 Å². The van der Waals surface area contributed by atoms with Gasteiger partial charge in [0, 0.05) is 18.4 Å². The Labute approximate surface area is 128 Å². The largest absolute Gasteiger partial charge is 0.314 e. The quantitative estimate of drug-likeness (QED) is 0.834. The van der Waals surface area contributed by atoms with Crippen LogP contribution in [0.4, 0.5) is 0 Å². The number of benzene rings is 1. The molecule has 0 amide bonds. The molecule has 1 aromatic heterocycles. The maximum absolute atomic E-state index is 4.08. The molecule has 1 atom stereocenters. The molecule has 0 bridgehead atoms. The van der Waals surface area contributed by atoms with Crippen LogP contribution in [0.1, 0.15) is 35.6 Å². The van der Waals surface area contributed by atoms with Crippen LogP contribution < -0.4 is 5.32 Å². The summed E-state index contributed by atoms with van der Waals surface area (Å²) in [6.07, 6.45) is 7.12. The Morgan fingerprint density at radius 3 is 2.57 bits per heavy atom. The van der Waals surface area contributed by atoms with E-state index < -0.39 is 0 Å². The molecular formula is C19H26N2. The molecule has 0 saturated carbocycles. The van der Waals surface area contributed by atoms with Crippen molar-refractivity contribution in [3.05, 3.63) is 65.0 Å². The Kier molecular flexibility index (Phi) is 5.94. The minimum absolute atomic E-state index is 0.531. The van der Waals surface area contributed by atoms with Crippen molar-refractivity contribution in [2.75, 3.05) is 6.54 Å². The molecule has 0 fully saturated rings. The van der Waals surface area contributed by atoms with Gasteiger partial charge in [0.25, 0.3) is 0 Å². The van der Waals surface area contributed by atoms with Crippen molar-refractivity contribution in [1.29, 1.82) is 0 Å². The standard InChI is InChI=1S/C19H26N2/c1-4-21-19(8-7-17-9-11-20-12-10-17)14-18-13-15(2)5-6-16(18)3/h5-6,9-13,19,21H,4,7-8,14H2,1-3H3. The lowest BCUT2D eigenvalue weighted by Gasteiger charge is -2.19. The normalized spacial score (nSPS) is 12.3. The first kappa shape index (κ1) is 15.7. The van der Waals surface area contributed by atoms with Crippen LogP contribution in [0.3, 0.4) is 0 Å². The van der Waals surface area contributed by atoms with Gasteiger partial charge in [-0.05, 0) is 68.5 Å². The van der Waals surface area contributed by atoms with Crippen LogP contribution in [0.2, 0.25) is 0 Å². The number of rotatable bonds is 7. The third-order valence-corrected chi connectivity index (χ3v) is 3.99. The lowest BCUT2D eigenvalue weighted by Crippen LogP contribution is -2.31. The molecule has 112 valence electrons. The molecule has 0 aliphatic rings. The third-order valence-electron chi connectivity index (χ3n) is 3.99. The number of nitrogens with zero attached hydrogens (tertiary/aromatic N) is 1. The number of pyridine rings is 1. The average Bonchev–Trinajstić information content (AvgIpc) is 2.50. The lowest BCUT2D eigenvalue weighted by molar-refractivity contribution is 0.490. The van der Waals surface area contributed by atoms with Crippen molar-refractivity contribution in [1.82, 2.24) is 10.3 Å². The molecule has 1 aromatic carbocycles. The minimum Gasteiger partial charge on any atom is -0.314 e. The van der Waals surface area contributed by atoms with Crippen LogP contribution in [0.5, 0.6) is 0 Å². The molecule has 2 aromatic rings. The molecule has 0 aliphatic heterocycles. The lowest BCUT2D eigenvalue weighted by atomic mass is 9.95. The zero-order valence-corrected chi connectivity index (χ0v) is 13.4. The monoisotopic (exact) mass is 282 g/mol. The van der Waals surface area contributed by atoms with Crippen molar-refractivity contribution < 1.29 is 0 Å². The van der Waals surface area contributed by atoms with E-state index in [4.69, 9.17) is 0 Å². The van der Waals surface area contributed by atoms with Crippen LogP contribution in [0, 0.1) is 13.8 Å². The van der Waals surface area contributed by atoms with Gasteiger partial charge >= 0.3 is 0 Å². The van der Waals surface area contributed by atoms with Gasteiger partial charge in [0.15, 0.2) is 0 Å². The molecule has 0 spiro atoms. The molecule has 0 aliphatic carbocycles. The molecule has 1 unspecified atom stereocenters. The van der Waals surface area contributed by atoms with E-state index in [1.54, 1.807) is 0 Å². The van der Waals surface area contributed by atoms with Crippen LogP contribution in [0.15, 0.2) is 42.7 Å². The predicted molar refractivity (Wildman–Crippen MR) is 89.6 cm³/mol. The predicted octanol–water partition coefficient (Wildman–Crippen LogP) is 3.85. The highest BCUT2D eigenvalue weighted by Gasteiger charge is 2.10. The van der Waals surface area contributed by atoms with Gasteiger partial charge in [-0.25, -0.2) is 0 Å².